The van der Waals surface area contributed by atoms with Crippen molar-refractivity contribution in [2.45, 2.75) is 32.1 Å². The van der Waals surface area contributed by atoms with Crippen LogP contribution in [0.3, 0.4) is 0 Å². The van der Waals surface area contributed by atoms with Gasteiger partial charge in [-0.3, -0.25) is 14.4 Å². The predicted octanol–water partition coefficient (Wildman–Crippen LogP) is 6.34. The Kier molecular flexibility index (Phi) is 8.65. The maximum atomic E-state index is 15.5. The summed E-state index contributed by atoms with van der Waals surface area (Å²) in [6.45, 7) is 0.778. The van der Waals surface area contributed by atoms with Crippen LogP contribution in [0.25, 0.3) is 22.0 Å². The summed E-state index contributed by atoms with van der Waals surface area (Å²) in [5, 5.41) is 12.3. The van der Waals surface area contributed by atoms with Gasteiger partial charge in [-0.15, -0.1) is 0 Å². The molecule has 13 heteroatoms. The molecular weight excluding hydrogens is 630 g/mol. The number of alkyl halides is 1. The van der Waals surface area contributed by atoms with Gasteiger partial charge in [-0.2, -0.15) is 5.26 Å². The summed E-state index contributed by atoms with van der Waals surface area (Å²) in [5.74, 6) is -1.64. The zero-order chi connectivity index (χ0) is 33.2. The lowest BCUT2D eigenvalue weighted by molar-refractivity contribution is -0.137. The van der Waals surface area contributed by atoms with Crippen LogP contribution in [0, 0.1) is 17.1 Å². The SMILES string of the molecule is CC(=O)c1cn(CC(=O)N2C[C@H](F)C[C@H]2C(=O)Nc2cccc(-c3ccccc3Cl)c2F)c2ccc(Oc3cnc(C#N)nc3)cc12. The Morgan fingerprint density at radius 1 is 1.06 bits per heavy atom. The molecule has 0 radical (unpaired) electrons. The first kappa shape index (κ1) is 31.3. The lowest BCUT2D eigenvalue weighted by Crippen LogP contribution is -2.44. The van der Waals surface area contributed by atoms with Crippen molar-refractivity contribution in [1.82, 2.24) is 19.4 Å². The first-order chi connectivity index (χ1) is 22.6. The molecule has 0 aliphatic carbocycles. The summed E-state index contributed by atoms with van der Waals surface area (Å²) in [6.07, 6.45) is 2.49. The molecule has 47 heavy (non-hydrogen) atoms. The number of nitriles is 1. The topological polar surface area (TPSA) is 130 Å². The smallest absolute Gasteiger partial charge is 0.247 e. The van der Waals surface area contributed by atoms with Gasteiger partial charge in [-0.1, -0.05) is 41.9 Å². The Balaban J connectivity index is 1.22. The summed E-state index contributed by atoms with van der Waals surface area (Å²) >= 11 is 6.25. The zero-order valence-corrected chi connectivity index (χ0v) is 25.5. The highest BCUT2D eigenvalue weighted by atomic mass is 35.5. The maximum absolute atomic E-state index is 15.5. The molecule has 1 saturated heterocycles. The molecule has 5 aromatic rings. The van der Waals surface area contributed by atoms with E-state index in [1.165, 1.54) is 37.6 Å². The van der Waals surface area contributed by atoms with E-state index < -0.39 is 29.8 Å². The van der Waals surface area contributed by atoms with Crippen LogP contribution in [0.4, 0.5) is 14.5 Å². The summed E-state index contributed by atoms with van der Waals surface area (Å²) in [6, 6.07) is 16.7. The highest BCUT2D eigenvalue weighted by Crippen LogP contribution is 2.34. The van der Waals surface area contributed by atoms with Crippen LogP contribution < -0.4 is 10.1 Å². The van der Waals surface area contributed by atoms with Crippen molar-refractivity contribution >= 4 is 45.8 Å². The standard InChI is InChI=1S/C34H25ClF2N6O4/c1-19(44)26-17-42(29-10-9-21(12-25(26)29)47-22-14-39-31(13-38)40-15-22)18-32(45)43-16-20(36)11-30(43)34(46)41-28-8-4-6-24(33(28)37)23-5-2-3-7-27(23)35/h2-10,12,14-15,17,20,30H,11,16,18H2,1H3,(H,41,46)/t20-,30+/m1/s1. The van der Waals surface area contributed by atoms with Gasteiger partial charge in [0.25, 0.3) is 0 Å². The van der Waals surface area contributed by atoms with Crippen LogP contribution >= 0.6 is 11.6 Å². The minimum Gasteiger partial charge on any atom is -0.454 e. The second kappa shape index (κ2) is 13.0. The van der Waals surface area contributed by atoms with Gasteiger partial charge in [0.2, 0.25) is 17.6 Å². The van der Waals surface area contributed by atoms with Crippen LogP contribution in [-0.4, -0.2) is 55.8 Å². The van der Waals surface area contributed by atoms with Gasteiger partial charge in [0.15, 0.2) is 17.3 Å². The number of amides is 2. The summed E-state index contributed by atoms with van der Waals surface area (Å²) < 4.78 is 37.6. The van der Waals surface area contributed by atoms with Crippen molar-refractivity contribution in [2.24, 2.45) is 0 Å². The lowest BCUT2D eigenvalue weighted by atomic mass is 10.0. The highest BCUT2D eigenvalue weighted by molar-refractivity contribution is 6.33. The summed E-state index contributed by atoms with van der Waals surface area (Å²) in [5.41, 5.74) is 1.34. The fraction of sp³-hybridized carbons (Fsp3) is 0.176. The third kappa shape index (κ3) is 6.39. The molecule has 0 spiro atoms. The maximum Gasteiger partial charge on any atom is 0.247 e. The number of hydrogen-bond donors (Lipinski definition) is 1. The van der Waals surface area contributed by atoms with E-state index in [0.717, 1.165) is 4.90 Å². The van der Waals surface area contributed by atoms with Gasteiger partial charge in [-0.25, -0.2) is 18.7 Å². The number of halogens is 3. The second-order valence-electron chi connectivity index (χ2n) is 10.9. The third-order valence-electron chi connectivity index (χ3n) is 7.79. The Hall–Kier alpha value is -5.67. The molecule has 2 amide bonds. The molecule has 1 aliphatic heterocycles. The van der Waals surface area contributed by atoms with Gasteiger partial charge in [0, 0.05) is 45.2 Å². The predicted molar refractivity (Wildman–Crippen MR) is 169 cm³/mol. The fourth-order valence-electron chi connectivity index (χ4n) is 5.59. The quantitative estimate of drug-likeness (QED) is 0.193. The van der Waals surface area contributed by atoms with E-state index in [0.29, 0.717) is 32.8 Å². The number of aromatic nitrogens is 3. The van der Waals surface area contributed by atoms with Gasteiger partial charge < -0.3 is 19.5 Å². The van der Waals surface area contributed by atoms with Gasteiger partial charge >= 0.3 is 0 Å². The normalized spacial score (nSPS) is 15.8. The fourth-order valence-corrected chi connectivity index (χ4v) is 5.83. The number of carbonyl (C=O) groups excluding carboxylic acids is 3. The van der Waals surface area contributed by atoms with Crippen molar-refractivity contribution in [2.75, 3.05) is 11.9 Å². The van der Waals surface area contributed by atoms with Crippen LogP contribution in [0.2, 0.25) is 5.02 Å². The van der Waals surface area contributed by atoms with Gasteiger partial charge in [0.1, 0.15) is 30.6 Å². The van der Waals surface area contributed by atoms with Crippen molar-refractivity contribution in [1.29, 1.82) is 5.26 Å². The Bertz CT molecular complexity index is 2080. The van der Waals surface area contributed by atoms with Gasteiger partial charge in [-0.05, 0) is 37.3 Å². The number of benzene rings is 3. The highest BCUT2D eigenvalue weighted by Gasteiger charge is 2.40. The molecule has 2 aromatic heterocycles. The van der Waals surface area contributed by atoms with Crippen LogP contribution in [-0.2, 0) is 16.1 Å². The number of nitrogens with one attached hydrogen (secondary N) is 1. The van der Waals surface area contributed by atoms with Crippen molar-refractivity contribution in [3.8, 4) is 28.7 Å². The molecule has 236 valence electrons. The molecule has 0 bridgehead atoms. The lowest BCUT2D eigenvalue weighted by Gasteiger charge is -2.24. The van der Waals surface area contributed by atoms with E-state index in [-0.39, 0.29) is 48.1 Å². The number of Topliss-reactive ketones (excluding diaryl/α,β-unsaturated/α-hetero) is 1. The van der Waals surface area contributed by atoms with Crippen molar-refractivity contribution < 1.29 is 27.9 Å². The molecule has 2 atom stereocenters. The Labute approximate surface area is 272 Å². The minimum absolute atomic E-state index is 0.0139. The molecule has 3 heterocycles. The number of hydrogen-bond acceptors (Lipinski definition) is 7. The summed E-state index contributed by atoms with van der Waals surface area (Å²) in [7, 11) is 0. The van der Waals surface area contributed by atoms with Crippen LogP contribution in [0.5, 0.6) is 11.5 Å². The summed E-state index contributed by atoms with van der Waals surface area (Å²) in [4.78, 5) is 48.4. The van der Waals surface area contributed by atoms with E-state index in [4.69, 9.17) is 21.6 Å². The molecule has 0 saturated carbocycles. The number of nitrogens with zero attached hydrogens (tertiary/aromatic N) is 5. The number of ether oxygens (including phenoxy) is 1. The Morgan fingerprint density at radius 3 is 2.53 bits per heavy atom. The van der Waals surface area contributed by atoms with E-state index in [9.17, 15) is 18.8 Å². The molecule has 1 N–H and O–H groups in total. The molecule has 1 aliphatic rings. The number of rotatable bonds is 8. The number of carbonyl (C=O) groups is 3. The molecule has 3 aromatic carbocycles. The molecule has 10 nitrogen and oxygen atoms in total. The molecular formula is C34H25ClF2N6O4. The number of ketones is 1. The average molecular weight is 655 g/mol. The molecule has 1 fully saturated rings. The first-order valence-corrected chi connectivity index (χ1v) is 14.8. The van der Waals surface area contributed by atoms with E-state index in [1.807, 2.05) is 6.07 Å². The molecule has 0 unspecified atom stereocenters. The van der Waals surface area contributed by atoms with Crippen molar-refractivity contribution in [3.05, 3.63) is 101 Å². The first-order valence-electron chi connectivity index (χ1n) is 14.4. The largest absolute Gasteiger partial charge is 0.454 e. The number of fused-ring (bicyclic) bond motifs is 1. The van der Waals surface area contributed by atoms with E-state index in [1.54, 1.807) is 53.1 Å². The second-order valence-corrected chi connectivity index (χ2v) is 11.3. The third-order valence-corrected chi connectivity index (χ3v) is 8.12. The monoisotopic (exact) mass is 654 g/mol. The average Bonchev–Trinajstić information content (AvgIpc) is 3.63. The van der Waals surface area contributed by atoms with Gasteiger partial charge in [0.05, 0.1) is 24.6 Å². The Morgan fingerprint density at radius 2 is 1.81 bits per heavy atom. The zero-order valence-electron chi connectivity index (χ0n) is 24.8. The van der Waals surface area contributed by atoms with E-state index >= 15 is 4.39 Å². The van der Waals surface area contributed by atoms with Crippen LogP contribution in [0.1, 0.15) is 29.5 Å². The number of likely N-dealkylation sites (tertiary alicyclic amines) is 1. The van der Waals surface area contributed by atoms with Crippen LogP contribution in [0.15, 0.2) is 79.3 Å². The molecule has 6 rings (SSSR count). The minimum atomic E-state index is -1.46. The van der Waals surface area contributed by atoms with Crippen molar-refractivity contribution in [3.63, 3.8) is 0 Å². The number of anilines is 1. The van der Waals surface area contributed by atoms with E-state index in [2.05, 4.69) is 15.3 Å².